The van der Waals surface area contributed by atoms with E-state index in [4.69, 9.17) is 0 Å². The van der Waals surface area contributed by atoms with Crippen LogP contribution in [-0.4, -0.2) is 27.6 Å². The molecule has 4 heteroatoms. The van der Waals surface area contributed by atoms with Crippen LogP contribution >= 0.6 is 0 Å². The van der Waals surface area contributed by atoms with E-state index in [0.29, 0.717) is 0 Å². The van der Waals surface area contributed by atoms with Gasteiger partial charge in [0.2, 0.25) is 0 Å². The summed E-state index contributed by atoms with van der Waals surface area (Å²) in [6.07, 6.45) is 8.64. The Labute approximate surface area is 107 Å². The van der Waals surface area contributed by atoms with Gasteiger partial charge in [-0.25, -0.2) is 4.98 Å². The molecule has 1 fully saturated rings. The van der Waals surface area contributed by atoms with E-state index >= 15 is 0 Å². The highest BCUT2D eigenvalue weighted by atomic mass is 15.1. The quantitative estimate of drug-likeness (QED) is 0.896. The lowest BCUT2D eigenvalue weighted by atomic mass is 9.93. The standard InChI is InChI=1S/C14H20N4/c1-18-13-6-9-16-10-12(13)17-14(18)3-2-11-4-7-15-8-5-11/h6,9-11,15H,2-5,7-8H2,1H3. The first-order valence-electron chi connectivity index (χ1n) is 6.80. The van der Waals surface area contributed by atoms with Crippen LogP contribution in [0.15, 0.2) is 18.5 Å². The summed E-state index contributed by atoms with van der Waals surface area (Å²) in [7, 11) is 2.10. The van der Waals surface area contributed by atoms with Gasteiger partial charge in [0.25, 0.3) is 0 Å². The fourth-order valence-electron chi connectivity index (χ4n) is 2.83. The third kappa shape index (κ3) is 2.25. The zero-order valence-electron chi connectivity index (χ0n) is 10.9. The minimum Gasteiger partial charge on any atom is -0.331 e. The van der Waals surface area contributed by atoms with Gasteiger partial charge in [0.1, 0.15) is 11.3 Å². The molecule has 0 unspecified atom stereocenters. The van der Waals surface area contributed by atoms with Crippen molar-refractivity contribution in [1.82, 2.24) is 19.9 Å². The number of hydrogen-bond donors (Lipinski definition) is 1. The second-order valence-corrected chi connectivity index (χ2v) is 5.18. The first-order valence-corrected chi connectivity index (χ1v) is 6.80. The van der Waals surface area contributed by atoms with Gasteiger partial charge in [-0.2, -0.15) is 0 Å². The van der Waals surface area contributed by atoms with Crippen LogP contribution in [0.5, 0.6) is 0 Å². The highest BCUT2D eigenvalue weighted by Crippen LogP contribution is 2.20. The maximum atomic E-state index is 4.68. The SMILES string of the molecule is Cn1c(CCC2CCNCC2)nc2cnccc21. The van der Waals surface area contributed by atoms with Crippen molar-refractivity contribution in [2.75, 3.05) is 13.1 Å². The lowest BCUT2D eigenvalue weighted by molar-refractivity contribution is 0.351. The fourth-order valence-corrected chi connectivity index (χ4v) is 2.83. The second kappa shape index (κ2) is 5.06. The van der Waals surface area contributed by atoms with Gasteiger partial charge in [0.15, 0.2) is 0 Å². The molecule has 4 nitrogen and oxygen atoms in total. The molecule has 0 bridgehead atoms. The largest absolute Gasteiger partial charge is 0.331 e. The number of pyridine rings is 1. The van der Waals surface area contributed by atoms with Crippen LogP contribution < -0.4 is 5.32 Å². The third-order valence-corrected chi connectivity index (χ3v) is 4.01. The van der Waals surface area contributed by atoms with Crippen molar-refractivity contribution in [3.8, 4) is 0 Å². The molecule has 1 N–H and O–H groups in total. The Bertz CT molecular complexity index is 526. The number of fused-ring (bicyclic) bond motifs is 1. The molecule has 3 rings (SSSR count). The summed E-state index contributed by atoms with van der Waals surface area (Å²) < 4.78 is 2.21. The molecule has 1 aliphatic heterocycles. The number of piperidine rings is 1. The number of aromatic nitrogens is 3. The molecule has 2 aromatic rings. The summed E-state index contributed by atoms with van der Waals surface area (Å²) >= 11 is 0. The first kappa shape index (κ1) is 11.7. The van der Waals surface area contributed by atoms with Gasteiger partial charge in [0.05, 0.1) is 11.7 Å². The first-order chi connectivity index (χ1) is 8.84. The Balaban J connectivity index is 1.72. The second-order valence-electron chi connectivity index (χ2n) is 5.18. The lowest BCUT2D eigenvalue weighted by Crippen LogP contribution is -2.28. The summed E-state index contributed by atoms with van der Waals surface area (Å²) in [5, 5.41) is 3.42. The van der Waals surface area contributed by atoms with E-state index in [1.54, 1.807) is 0 Å². The highest BCUT2D eigenvalue weighted by Gasteiger charge is 2.14. The predicted molar refractivity (Wildman–Crippen MR) is 72.4 cm³/mol. The van der Waals surface area contributed by atoms with Crippen LogP contribution in [0.1, 0.15) is 25.1 Å². The Morgan fingerprint density at radius 1 is 1.39 bits per heavy atom. The van der Waals surface area contributed by atoms with E-state index in [0.717, 1.165) is 17.9 Å². The molecule has 18 heavy (non-hydrogen) atoms. The van der Waals surface area contributed by atoms with Crippen LogP contribution in [0.2, 0.25) is 0 Å². The smallest absolute Gasteiger partial charge is 0.109 e. The fraction of sp³-hybridized carbons (Fsp3) is 0.571. The van der Waals surface area contributed by atoms with Gasteiger partial charge in [0, 0.05) is 19.7 Å². The molecule has 96 valence electrons. The van der Waals surface area contributed by atoms with Crippen LogP contribution in [0, 0.1) is 5.92 Å². The summed E-state index contributed by atoms with van der Waals surface area (Å²) in [6, 6.07) is 2.04. The zero-order chi connectivity index (χ0) is 12.4. The number of nitrogens with one attached hydrogen (secondary N) is 1. The Kier molecular flexibility index (Phi) is 3.28. The van der Waals surface area contributed by atoms with E-state index in [-0.39, 0.29) is 0 Å². The Morgan fingerprint density at radius 2 is 2.22 bits per heavy atom. The van der Waals surface area contributed by atoms with Gasteiger partial charge in [-0.05, 0) is 44.3 Å². The molecule has 0 saturated carbocycles. The number of imidazole rings is 1. The van der Waals surface area contributed by atoms with Crippen molar-refractivity contribution < 1.29 is 0 Å². The van der Waals surface area contributed by atoms with Crippen molar-refractivity contribution in [2.45, 2.75) is 25.7 Å². The summed E-state index contributed by atoms with van der Waals surface area (Å²) in [4.78, 5) is 8.81. The van der Waals surface area contributed by atoms with Crippen molar-refractivity contribution in [2.24, 2.45) is 13.0 Å². The summed E-state index contributed by atoms with van der Waals surface area (Å²) in [6.45, 7) is 2.36. The molecule has 0 atom stereocenters. The van der Waals surface area contributed by atoms with Crippen molar-refractivity contribution in [3.63, 3.8) is 0 Å². The number of nitrogens with zero attached hydrogens (tertiary/aromatic N) is 3. The average Bonchev–Trinajstić information content (AvgIpc) is 2.75. The molecule has 0 aliphatic carbocycles. The van der Waals surface area contributed by atoms with Crippen molar-refractivity contribution in [3.05, 3.63) is 24.3 Å². The van der Waals surface area contributed by atoms with Gasteiger partial charge < -0.3 is 9.88 Å². The van der Waals surface area contributed by atoms with Crippen molar-refractivity contribution in [1.29, 1.82) is 0 Å². The Morgan fingerprint density at radius 3 is 3.00 bits per heavy atom. The molecule has 0 aromatic carbocycles. The van der Waals surface area contributed by atoms with Crippen LogP contribution in [0.4, 0.5) is 0 Å². The molecule has 2 aromatic heterocycles. The van der Waals surface area contributed by atoms with Crippen molar-refractivity contribution >= 4 is 11.0 Å². The maximum Gasteiger partial charge on any atom is 0.109 e. The average molecular weight is 244 g/mol. The molecule has 0 radical (unpaired) electrons. The van der Waals surface area contributed by atoms with E-state index in [9.17, 15) is 0 Å². The minimum absolute atomic E-state index is 0.865. The molecule has 3 heterocycles. The monoisotopic (exact) mass is 244 g/mol. The van der Waals surface area contributed by atoms with Gasteiger partial charge in [-0.3, -0.25) is 4.98 Å². The molecular weight excluding hydrogens is 224 g/mol. The van der Waals surface area contributed by atoms with E-state index in [1.165, 1.54) is 43.7 Å². The number of rotatable bonds is 3. The zero-order valence-corrected chi connectivity index (χ0v) is 10.9. The number of aryl methyl sites for hydroxylation is 2. The van der Waals surface area contributed by atoms with E-state index < -0.39 is 0 Å². The van der Waals surface area contributed by atoms with Crippen LogP contribution in [-0.2, 0) is 13.5 Å². The van der Waals surface area contributed by atoms with Gasteiger partial charge in [-0.15, -0.1) is 0 Å². The summed E-state index contributed by atoms with van der Waals surface area (Å²) in [5.41, 5.74) is 2.20. The predicted octanol–water partition coefficient (Wildman–Crippen LogP) is 1.90. The van der Waals surface area contributed by atoms with Crippen LogP contribution in [0.3, 0.4) is 0 Å². The third-order valence-electron chi connectivity index (χ3n) is 4.01. The molecule has 0 spiro atoms. The van der Waals surface area contributed by atoms with E-state index in [1.807, 2.05) is 18.5 Å². The molecular formula is C14H20N4. The number of hydrogen-bond acceptors (Lipinski definition) is 3. The van der Waals surface area contributed by atoms with Gasteiger partial charge >= 0.3 is 0 Å². The molecule has 0 amide bonds. The topological polar surface area (TPSA) is 42.7 Å². The Hall–Kier alpha value is -1.42. The molecule has 1 aliphatic rings. The van der Waals surface area contributed by atoms with E-state index in [2.05, 4.69) is 26.9 Å². The molecule has 1 saturated heterocycles. The van der Waals surface area contributed by atoms with Gasteiger partial charge in [-0.1, -0.05) is 0 Å². The minimum atomic E-state index is 0.865. The summed E-state index contributed by atoms with van der Waals surface area (Å²) in [5.74, 6) is 2.06. The highest BCUT2D eigenvalue weighted by molar-refractivity contribution is 5.74. The lowest BCUT2D eigenvalue weighted by Gasteiger charge is -2.22. The maximum absolute atomic E-state index is 4.68. The van der Waals surface area contributed by atoms with Crippen LogP contribution in [0.25, 0.3) is 11.0 Å². The normalized spacial score (nSPS) is 17.4.